The van der Waals surface area contributed by atoms with E-state index >= 15 is 0 Å². The highest BCUT2D eigenvalue weighted by Crippen LogP contribution is 2.12. The van der Waals surface area contributed by atoms with E-state index in [-0.39, 0.29) is 12.1 Å². The summed E-state index contributed by atoms with van der Waals surface area (Å²) in [4.78, 5) is 17.7. The number of nitrogens with zero attached hydrogens (tertiary/aromatic N) is 2. The van der Waals surface area contributed by atoms with Crippen LogP contribution in [-0.2, 0) is 11.3 Å². The molecule has 0 fully saturated rings. The Bertz CT molecular complexity index is 334. The SMILES string of the molecule is CC(C)OC(=O)c1csc(CN(C)C)n1. The summed E-state index contributed by atoms with van der Waals surface area (Å²) in [6, 6.07) is 0. The lowest BCUT2D eigenvalue weighted by Crippen LogP contribution is -2.13. The first-order valence-corrected chi connectivity index (χ1v) is 5.67. The molecular formula is C10H16N2O2S. The maximum Gasteiger partial charge on any atom is 0.358 e. The molecule has 0 aliphatic rings. The van der Waals surface area contributed by atoms with Crippen molar-refractivity contribution in [1.82, 2.24) is 9.88 Å². The van der Waals surface area contributed by atoms with Crippen LogP contribution in [0.1, 0.15) is 29.3 Å². The fraction of sp³-hybridized carbons (Fsp3) is 0.600. The molecule has 0 N–H and O–H groups in total. The molecule has 0 unspecified atom stereocenters. The molecule has 4 nitrogen and oxygen atoms in total. The van der Waals surface area contributed by atoms with Crippen molar-refractivity contribution in [3.05, 3.63) is 16.1 Å². The zero-order valence-corrected chi connectivity index (χ0v) is 10.3. The minimum absolute atomic E-state index is 0.100. The van der Waals surface area contributed by atoms with E-state index in [1.54, 1.807) is 5.38 Å². The molecule has 15 heavy (non-hydrogen) atoms. The van der Waals surface area contributed by atoms with Gasteiger partial charge >= 0.3 is 5.97 Å². The normalized spacial score (nSPS) is 11.1. The van der Waals surface area contributed by atoms with Crippen molar-refractivity contribution in [1.29, 1.82) is 0 Å². The number of ether oxygens (including phenoxy) is 1. The van der Waals surface area contributed by atoms with Crippen LogP contribution in [0.5, 0.6) is 0 Å². The van der Waals surface area contributed by atoms with Gasteiger partial charge in [0.25, 0.3) is 0 Å². The summed E-state index contributed by atoms with van der Waals surface area (Å²) in [5.74, 6) is -0.341. The lowest BCUT2D eigenvalue weighted by atomic mass is 10.4. The molecule has 1 rings (SSSR count). The molecule has 0 aliphatic heterocycles. The molecule has 0 aliphatic carbocycles. The number of carbonyl (C=O) groups is 1. The van der Waals surface area contributed by atoms with Crippen LogP contribution < -0.4 is 0 Å². The Morgan fingerprint density at radius 1 is 1.60 bits per heavy atom. The highest BCUT2D eigenvalue weighted by molar-refractivity contribution is 7.09. The monoisotopic (exact) mass is 228 g/mol. The summed E-state index contributed by atoms with van der Waals surface area (Å²) in [6.07, 6.45) is -0.100. The number of rotatable bonds is 4. The van der Waals surface area contributed by atoms with Gasteiger partial charge in [-0.25, -0.2) is 9.78 Å². The molecule has 0 amide bonds. The zero-order chi connectivity index (χ0) is 11.4. The molecule has 0 saturated carbocycles. The highest BCUT2D eigenvalue weighted by atomic mass is 32.1. The summed E-state index contributed by atoms with van der Waals surface area (Å²) in [5, 5.41) is 2.67. The molecule has 5 heteroatoms. The van der Waals surface area contributed by atoms with E-state index < -0.39 is 0 Å². The predicted octanol–water partition coefficient (Wildman–Crippen LogP) is 1.77. The molecule has 84 valence electrons. The maximum absolute atomic E-state index is 11.5. The van der Waals surface area contributed by atoms with Crippen LogP contribution in [0.4, 0.5) is 0 Å². The number of hydrogen-bond donors (Lipinski definition) is 0. The fourth-order valence-electron chi connectivity index (χ4n) is 1.02. The first kappa shape index (κ1) is 12.1. The van der Waals surface area contributed by atoms with Crippen molar-refractivity contribution >= 4 is 17.3 Å². The largest absolute Gasteiger partial charge is 0.458 e. The van der Waals surface area contributed by atoms with Gasteiger partial charge in [0.15, 0.2) is 5.69 Å². The third kappa shape index (κ3) is 3.97. The quantitative estimate of drug-likeness (QED) is 0.737. The molecule has 0 atom stereocenters. The predicted molar refractivity (Wildman–Crippen MR) is 60.1 cm³/mol. The van der Waals surface area contributed by atoms with E-state index in [4.69, 9.17) is 4.74 Å². The van der Waals surface area contributed by atoms with E-state index in [0.29, 0.717) is 5.69 Å². The first-order chi connectivity index (χ1) is 6.99. The van der Waals surface area contributed by atoms with Crippen molar-refractivity contribution in [3.8, 4) is 0 Å². The summed E-state index contributed by atoms with van der Waals surface area (Å²) >= 11 is 1.48. The minimum Gasteiger partial charge on any atom is -0.458 e. The summed E-state index contributed by atoms with van der Waals surface area (Å²) < 4.78 is 5.05. The minimum atomic E-state index is -0.341. The molecule has 1 aromatic heterocycles. The molecule has 0 radical (unpaired) electrons. The second kappa shape index (κ2) is 5.23. The molecule has 0 saturated heterocycles. The summed E-state index contributed by atoms with van der Waals surface area (Å²) in [5.41, 5.74) is 0.408. The molecule has 0 bridgehead atoms. The zero-order valence-electron chi connectivity index (χ0n) is 9.48. The fourth-order valence-corrected chi connectivity index (χ4v) is 1.90. The first-order valence-electron chi connectivity index (χ1n) is 4.79. The van der Waals surface area contributed by atoms with Crippen LogP contribution >= 0.6 is 11.3 Å². The van der Waals surface area contributed by atoms with Crippen molar-refractivity contribution in [3.63, 3.8) is 0 Å². The Hall–Kier alpha value is -0.940. The van der Waals surface area contributed by atoms with Crippen LogP contribution in [0.25, 0.3) is 0 Å². The van der Waals surface area contributed by atoms with Crippen LogP contribution in [0.15, 0.2) is 5.38 Å². The van der Waals surface area contributed by atoms with E-state index in [0.717, 1.165) is 11.6 Å². The third-order valence-corrected chi connectivity index (χ3v) is 2.39. The van der Waals surface area contributed by atoms with Gasteiger partial charge in [0, 0.05) is 11.9 Å². The topological polar surface area (TPSA) is 42.4 Å². The summed E-state index contributed by atoms with van der Waals surface area (Å²) in [6.45, 7) is 4.40. The number of hydrogen-bond acceptors (Lipinski definition) is 5. The van der Waals surface area contributed by atoms with E-state index in [1.807, 2.05) is 32.8 Å². The van der Waals surface area contributed by atoms with Crippen molar-refractivity contribution in [2.24, 2.45) is 0 Å². The Morgan fingerprint density at radius 3 is 2.80 bits per heavy atom. The number of thiazole rings is 1. The molecule has 1 heterocycles. The molecule has 0 spiro atoms. The van der Waals surface area contributed by atoms with Crippen molar-refractivity contribution in [2.45, 2.75) is 26.5 Å². The second-order valence-corrected chi connectivity index (χ2v) is 4.76. The number of esters is 1. The van der Waals surface area contributed by atoms with Gasteiger partial charge < -0.3 is 9.64 Å². The Kier molecular flexibility index (Phi) is 4.23. The lowest BCUT2D eigenvalue weighted by Gasteiger charge is -2.06. The van der Waals surface area contributed by atoms with Gasteiger partial charge in [0.2, 0.25) is 0 Å². The summed E-state index contributed by atoms with van der Waals surface area (Å²) in [7, 11) is 3.93. The van der Waals surface area contributed by atoms with E-state index in [9.17, 15) is 4.79 Å². The smallest absolute Gasteiger partial charge is 0.358 e. The van der Waals surface area contributed by atoms with E-state index in [2.05, 4.69) is 4.98 Å². The van der Waals surface area contributed by atoms with Gasteiger partial charge in [0.05, 0.1) is 6.10 Å². The second-order valence-electron chi connectivity index (χ2n) is 3.82. The standard InChI is InChI=1S/C10H16N2O2S/c1-7(2)14-10(13)8-6-15-9(11-8)5-12(3)4/h6-7H,5H2,1-4H3. The molecule has 0 aromatic carbocycles. The van der Waals surface area contributed by atoms with Gasteiger partial charge in [-0.15, -0.1) is 11.3 Å². The third-order valence-electron chi connectivity index (χ3n) is 1.56. The average Bonchev–Trinajstić information content (AvgIpc) is 2.50. The Labute approximate surface area is 93.9 Å². The Morgan fingerprint density at radius 2 is 2.27 bits per heavy atom. The van der Waals surface area contributed by atoms with Crippen LogP contribution in [0, 0.1) is 0 Å². The maximum atomic E-state index is 11.5. The molecular weight excluding hydrogens is 212 g/mol. The molecule has 1 aromatic rings. The number of aromatic nitrogens is 1. The average molecular weight is 228 g/mol. The van der Waals surface area contributed by atoms with Crippen molar-refractivity contribution in [2.75, 3.05) is 14.1 Å². The Balaban J connectivity index is 2.63. The van der Waals surface area contributed by atoms with Gasteiger partial charge in [-0.1, -0.05) is 0 Å². The lowest BCUT2D eigenvalue weighted by molar-refractivity contribution is 0.0371. The van der Waals surface area contributed by atoms with Crippen LogP contribution in [0.3, 0.4) is 0 Å². The van der Waals surface area contributed by atoms with Gasteiger partial charge in [-0.3, -0.25) is 0 Å². The van der Waals surface area contributed by atoms with Gasteiger partial charge in [-0.2, -0.15) is 0 Å². The van der Waals surface area contributed by atoms with E-state index in [1.165, 1.54) is 11.3 Å². The van der Waals surface area contributed by atoms with Crippen LogP contribution in [0.2, 0.25) is 0 Å². The van der Waals surface area contributed by atoms with Gasteiger partial charge in [-0.05, 0) is 27.9 Å². The highest BCUT2D eigenvalue weighted by Gasteiger charge is 2.13. The van der Waals surface area contributed by atoms with Gasteiger partial charge in [0.1, 0.15) is 5.01 Å². The number of carbonyl (C=O) groups excluding carboxylic acids is 1. The van der Waals surface area contributed by atoms with Crippen molar-refractivity contribution < 1.29 is 9.53 Å². The van der Waals surface area contributed by atoms with Crippen LogP contribution in [-0.4, -0.2) is 36.1 Å².